The van der Waals surface area contributed by atoms with Crippen LogP contribution < -0.4 is 0 Å². The molecule has 4 nitrogen and oxygen atoms in total. The normalized spacial score (nSPS) is 19.0. The summed E-state index contributed by atoms with van der Waals surface area (Å²) in [5, 5.41) is 0. The van der Waals surface area contributed by atoms with Gasteiger partial charge in [-0.15, -0.1) is 0 Å². The van der Waals surface area contributed by atoms with Crippen molar-refractivity contribution in [1.29, 1.82) is 0 Å². The molecule has 0 aliphatic carbocycles. The van der Waals surface area contributed by atoms with Gasteiger partial charge in [-0.3, -0.25) is 9.59 Å². The Labute approximate surface area is 126 Å². The average molecular weight is 288 g/mol. The highest BCUT2D eigenvalue weighted by atomic mass is 16.2. The fourth-order valence-electron chi connectivity index (χ4n) is 2.69. The number of carbonyl (C=O) groups excluding carboxylic acids is 2. The Hall–Kier alpha value is -1.84. The van der Waals surface area contributed by atoms with Crippen molar-refractivity contribution in [3.05, 3.63) is 35.4 Å². The fraction of sp³-hybridized carbons (Fsp3) is 0.529. The molecule has 1 unspecified atom stereocenters. The van der Waals surface area contributed by atoms with Crippen LogP contribution in [0.3, 0.4) is 0 Å². The zero-order valence-corrected chi connectivity index (χ0v) is 13.1. The van der Waals surface area contributed by atoms with Crippen molar-refractivity contribution in [2.75, 3.05) is 20.1 Å². The van der Waals surface area contributed by atoms with Crippen molar-refractivity contribution in [1.82, 2.24) is 9.80 Å². The molecule has 0 spiro atoms. The van der Waals surface area contributed by atoms with E-state index in [-0.39, 0.29) is 17.9 Å². The lowest BCUT2D eigenvalue weighted by molar-refractivity contribution is -0.149. The molecule has 0 radical (unpaired) electrons. The van der Waals surface area contributed by atoms with E-state index in [9.17, 15) is 9.59 Å². The van der Waals surface area contributed by atoms with Crippen LogP contribution in [0.25, 0.3) is 0 Å². The van der Waals surface area contributed by atoms with E-state index in [1.165, 1.54) is 11.1 Å². The SMILES string of the molecule is CCc1ccc(CCC(=O)N2CCN(C)C(=O)C2C)cc1. The Balaban J connectivity index is 1.90. The molecule has 1 aromatic carbocycles. The maximum Gasteiger partial charge on any atom is 0.244 e. The van der Waals surface area contributed by atoms with E-state index in [0.717, 1.165) is 12.8 Å². The molecule has 1 aliphatic heterocycles. The number of aryl methyl sites for hydroxylation is 2. The average Bonchev–Trinajstić information content (AvgIpc) is 2.51. The van der Waals surface area contributed by atoms with Gasteiger partial charge >= 0.3 is 0 Å². The molecular weight excluding hydrogens is 264 g/mol. The van der Waals surface area contributed by atoms with E-state index in [1.807, 2.05) is 6.92 Å². The predicted molar refractivity (Wildman–Crippen MR) is 83.0 cm³/mol. The van der Waals surface area contributed by atoms with Gasteiger partial charge < -0.3 is 9.80 Å². The van der Waals surface area contributed by atoms with E-state index < -0.39 is 0 Å². The minimum atomic E-state index is -0.335. The second-order valence-electron chi connectivity index (χ2n) is 5.69. The first kappa shape index (κ1) is 15.5. The van der Waals surface area contributed by atoms with Gasteiger partial charge in [0.15, 0.2) is 0 Å². The third-order valence-corrected chi connectivity index (χ3v) is 4.26. The van der Waals surface area contributed by atoms with E-state index in [1.54, 1.807) is 16.8 Å². The molecule has 1 atom stereocenters. The first-order chi connectivity index (χ1) is 10.0. The number of nitrogens with zero attached hydrogens (tertiary/aromatic N) is 2. The second-order valence-corrected chi connectivity index (χ2v) is 5.69. The summed E-state index contributed by atoms with van der Waals surface area (Å²) >= 11 is 0. The van der Waals surface area contributed by atoms with Gasteiger partial charge in [0.25, 0.3) is 0 Å². The lowest BCUT2D eigenvalue weighted by Gasteiger charge is -2.37. The van der Waals surface area contributed by atoms with Crippen LogP contribution in [0.4, 0.5) is 0 Å². The summed E-state index contributed by atoms with van der Waals surface area (Å²) < 4.78 is 0. The highest BCUT2D eigenvalue weighted by Gasteiger charge is 2.31. The number of likely N-dealkylation sites (N-methyl/N-ethyl adjacent to an activating group) is 1. The standard InChI is InChI=1S/C17H24N2O2/c1-4-14-5-7-15(8-6-14)9-10-16(20)19-12-11-18(3)17(21)13(19)2/h5-8,13H,4,9-12H2,1-3H3. The minimum Gasteiger partial charge on any atom is -0.342 e. The number of carbonyl (C=O) groups is 2. The highest BCUT2D eigenvalue weighted by Crippen LogP contribution is 2.13. The molecule has 0 N–H and O–H groups in total. The lowest BCUT2D eigenvalue weighted by Crippen LogP contribution is -2.56. The molecule has 1 saturated heterocycles. The van der Waals surface area contributed by atoms with Crippen molar-refractivity contribution < 1.29 is 9.59 Å². The largest absolute Gasteiger partial charge is 0.342 e. The van der Waals surface area contributed by atoms with Gasteiger partial charge in [0.2, 0.25) is 11.8 Å². The zero-order valence-electron chi connectivity index (χ0n) is 13.1. The van der Waals surface area contributed by atoms with Crippen molar-refractivity contribution >= 4 is 11.8 Å². The van der Waals surface area contributed by atoms with Crippen LogP contribution in [-0.4, -0.2) is 47.8 Å². The summed E-state index contributed by atoms with van der Waals surface area (Å²) in [4.78, 5) is 27.6. The summed E-state index contributed by atoms with van der Waals surface area (Å²) in [6, 6.07) is 8.07. The molecule has 114 valence electrons. The summed E-state index contributed by atoms with van der Waals surface area (Å²) in [6.45, 7) is 5.20. The smallest absolute Gasteiger partial charge is 0.244 e. The predicted octanol–water partition coefficient (Wildman–Crippen LogP) is 1.87. The second kappa shape index (κ2) is 6.74. The van der Waals surface area contributed by atoms with E-state index in [2.05, 4.69) is 31.2 Å². The summed E-state index contributed by atoms with van der Waals surface area (Å²) in [6.07, 6.45) is 2.23. The molecule has 1 aromatic rings. The third kappa shape index (κ3) is 3.63. The molecule has 1 aliphatic rings. The first-order valence-electron chi connectivity index (χ1n) is 7.65. The van der Waals surface area contributed by atoms with Gasteiger partial charge in [0.1, 0.15) is 6.04 Å². The van der Waals surface area contributed by atoms with E-state index in [4.69, 9.17) is 0 Å². The minimum absolute atomic E-state index is 0.0295. The Morgan fingerprint density at radius 2 is 1.81 bits per heavy atom. The van der Waals surface area contributed by atoms with Crippen molar-refractivity contribution in [3.63, 3.8) is 0 Å². The highest BCUT2D eigenvalue weighted by molar-refractivity contribution is 5.88. The molecule has 1 heterocycles. The van der Waals surface area contributed by atoms with Crippen LogP contribution in [-0.2, 0) is 22.4 Å². The lowest BCUT2D eigenvalue weighted by atomic mass is 10.0. The zero-order chi connectivity index (χ0) is 15.4. The van der Waals surface area contributed by atoms with Gasteiger partial charge in [-0.25, -0.2) is 0 Å². The summed E-state index contributed by atoms with van der Waals surface area (Å²) in [5.74, 6) is 0.102. The number of hydrogen-bond acceptors (Lipinski definition) is 2. The third-order valence-electron chi connectivity index (χ3n) is 4.26. The first-order valence-corrected chi connectivity index (χ1v) is 7.65. The number of rotatable bonds is 4. The van der Waals surface area contributed by atoms with Gasteiger partial charge in [0.05, 0.1) is 0 Å². The Morgan fingerprint density at radius 3 is 2.43 bits per heavy atom. The monoisotopic (exact) mass is 288 g/mol. The van der Waals surface area contributed by atoms with Crippen molar-refractivity contribution in [3.8, 4) is 0 Å². The Bertz CT molecular complexity index is 510. The molecule has 21 heavy (non-hydrogen) atoms. The van der Waals surface area contributed by atoms with Crippen molar-refractivity contribution in [2.45, 2.75) is 39.2 Å². The van der Waals surface area contributed by atoms with Crippen LogP contribution >= 0.6 is 0 Å². The molecular formula is C17H24N2O2. The number of hydrogen-bond donors (Lipinski definition) is 0. The van der Waals surface area contributed by atoms with Crippen molar-refractivity contribution in [2.24, 2.45) is 0 Å². The maximum absolute atomic E-state index is 12.3. The molecule has 0 aromatic heterocycles. The maximum atomic E-state index is 12.3. The topological polar surface area (TPSA) is 40.6 Å². The van der Waals surface area contributed by atoms with E-state index in [0.29, 0.717) is 19.5 Å². The van der Waals surface area contributed by atoms with Crippen LogP contribution in [0.15, 0.2) is 24.3 Å². The van der Waals surface area contributed by atoms with Crippen LogP contribution in [0.2, 0.25) is 0 Å². The van der Waals surface area contributed by atoms with Gasteiger partial charge in [0, 0.05) is 26.6 Å². The molecule has 4 heteroatoms. The quantitative estimate of drug-likeness (QED) is 0.848. The fourth-order valence-corrected chi connectivity index (χ4v) is 2.69. The van der Waals surface area contributed by atoms with Gasteiger partial charge in [-0.1, -0.05) is 31.2 Å². The number of amides is 2. The van der Waals surface area contributed by atoms with Gasteiger partial charge in [-0.2, -0.15) is 0 Å². The van der Waals surface area contributed by atoms with E-state index >= 15 is 0 Å². The Morgan fingerprint density at radius 1 is 1.19 bits per heavy atom. The number of piperazine rings is 1. The molecule has 1 fully saturated rings. The summed E-state index contributed by atoms with van der Waals surface area (Å²) in [7, 11) is 1.79. The molecule has 0 bridgehead atoms. The Kier molecular flexibility index (Phi) is 4.99. The van der Waals surface area contributed by atoms with Crippen LogP contribution in [0, 0.1) is 0 Å². The van der Waals surface area contributed by atoms with Crippen LogP contribution in [0.1, 0.15) is 31.4 Å². The van der Waals surface area contributed by atoms with Crippen LogP contribution in [0.5, 0.6) is 0 Å². The van der Waals surface area contributed by atoms with Gasteiger partial charge in [-0.05, 0) is 30.9 Å². The molecule has 0 saturated carbocycles. The summed E-state index contributed by atoms with van der Waals surface area (Å²) in [5.41, 5.74) is 2.48. The molecule has 2 rings (SSSR count). The number of benzene rings is 1. The molecule has 2 amide bonds.